The molecule has 1 fully saturated rings. The van der Waals surface area contributed by atoms with Crippen LogP contribution in [0.5, 0.6) is 0 Å². The van der Waals surface area contributed by atoms with E-state index in [0.717, 1.165) is 10.7 Å². The van der Waals surface area contributed by atoms with Crippen LogP contribution in [0, 0.1) is 0 Å². The van der Waals surface area contributed by atoms with Gasteiger partial charge in [0.1, 0.15) is 6.04 Å². The molecule has 0 saturated carbocycles. The van der Waals surface area contributed by atoms with Gasteiger partial charge < -0.3 is 21.7 Å². The van der Waals surface area contributed by atoms with Gasteiger partial charge in [0.2, 0.25) is 21.8 Å². The van der Waals surface area contributed by atoms with Crippen LogP contribution < -0.4 is 21.7 Å². The number of carbonyl (C=O) groups excluding carboxylic acids is 3. The van der Waals surface area contributed by atoms with E-state index < -0.39 is 28.0 Å². The lowest BCUT2D eigenvalue weighted by molar-refractivity contribution is -0.122. The molecule has 1 aliphatic rings. The number of hydrogen-bond acceptors (Lipinski definition) is 5. The first kappa shape index (κ1) is 21.6. The number of primary amides is 1. The quantitative estimate of drug-likeness (QED) is 0.474. The summed E-state index contributed by atoms with van der Waals surface area (Å²) >= 11 is 0. The molecular weight excluding hydrogens is 386 g/mol. The lowest BCUT2D eigenvalue weighted by Crippen LogP contribution is -2.49. The van der Waals surface area contributed by atoms with Crippen molar-refractivity contribution in [2.75, 3.05) is 25.0 Å². The molecule has 1 unspecified atom stereocenters. The number of sulfonamides is 1. The van der Waals surface area contributed by atoms with Gasteiger partial charge in [-0.3, -0.25) is 9.59 Å². The van der Waals surface area contributed by atoms with Crippen molar-refractivity contribution < 1.29 is 22.8 Å². The Labute approximate surface area is 163 Å². The lowest BCUT2D eigenvalue weighted by atomic mass is 10.1. The molecule has 1 saturated heterocycles. The summed E-state index contributed by atoms with van der Waals surface area (Å²) in [6, 6.07) is 4.13. The first-order chi connectivity index (χ1) is 13.2. The van der Waals surface area contributed by atoms with Crippen LogP contribution in [-0.4, -0.2) is 56.2 Å². The van der Waals surface area contributed by atoms with Crippen LogP contribution >= 0.6 is 0 Å². The molecule has 11 heteroatoms. The number of anilines is 1. The normalized spacial score (nSPS) is 16.1. The smallest absolute Gasteiger partial charge is 0.312 e. The molecule has 154 valence electrons. The van der Waals surface area contributed by atoms with Gasteiger partial charge in [-0.15, -0.1) is 0 Å². The Kier molecular flexibility index (Phi) is 7.35. The van der Waals surface area contributed by atoms with Crippen molar-refractivity contribution in [3.05, 3.63) is 24.3 Å². The van der Waals surface area contributed by atoms with Crippen molar-refractivity contribution in [3.63, 3.8) is 0 Å². The van der Waals surface area contributed by atoms with Gasteiger partial charge in [0.25, 0.3) is 0 Å². The number of piperazine rings is 1. The molecule has 4 amide bonds. The monoisotopic (exact) mass is 411 g/mol. The van der Waals surface area contributed by atoms with Crippen LogP contribution in [0.15, 0.2) is 29.2 Å². The third-order valence-corrected chi connectivity index (χ3v) is 6.06. The number of amides is 4. The number of nitrogens with two attached hydrogens (primary N) is 1. The van der Waals surface area contributed by atoms with E-state index in [0.29, 0.717) is 12.8 Å². The lowest BCUT2D eigenvalue weighted by Gasteiger charge is -2.26. The van der Waals surface area contributed by atoms with Crippen molar-refractivity contribution >= 4 is 33.6 Å². The van der Waals surface area contributed by atoms with Crippen LogP contribution in [0.4, 0.5) is 10.5 Å². The molecular formula is C17H25N5O5S. The molecule has 0 aromatic heterocycles. The van der Waals surface area contributed by atoms with Crippen molar-refractivity contribution in [1.82, 2.24) is 14.9 Å². The SMILES string of the molecule is CCCCC(NC(N)=O)C(=O)Nc1cccc(S(=O)(=O)N2CCNC(=O)C2)c1. The molecule has 0 aliphatic carbocycles. The second-order valence-electron chi connectivity index (χ2n) is 6.41. The van der Waals surface area contributed by atoms with E-state index in [1.54, 1.807) is 6.07 Å². The fraction of sp³-hybridized carbons (Fsp3) is 0.471. The van der Waals surface area contributed by atoms with Crippen molar-refractivity contribution in [3.8, 4) is 0 Å². The molecule has 1 aromatic rings. The average molecular weight is 411 g/mol. The van der Waals surface area contributed by atoms with Crippen molar-refractivity contribution in [2.45, 2.75) is 37.1 Å². The summed E-state index contributed by atoms with van der Waals surface area (Å²) in [6.07, 6.45) is 1.96. The zero-order valence-corrected chi connectivity index (χ0v) is 16.4. The van der Waals surface area contributed by atoms with E-state index in [4.69, 9.17) is 5.73 Å². The highest BCUT2D eigenvalue weighted by Crippen LogP contribution is 2.20. The van der Waals surface area contributed by atoms with Crippen LogP contribution in [0.1, 0.15) is 26.2 Å². The summed E-state index contributed by atoms with van der Waals surface area (Å²) in [5.41, 5.74) is 5.39. The van der Waals surface area contributed by atoms with E-state index in [2.05, 4.69) is 16.0 Å². The molecule has 10 nitrogen and oxygen atoms in total. The Bertz CT molecular complexity index is 842. The number of urea groups is 1. The predicted octanol–water partition coefficient (Wildman–Crippen LogP) is -0.0273. The molecule has 2 rings (SSSR count). The van der Waals surface area contributed by atoms with Gasteiger partial charge in [0, 0.05) is 18.8 Å². The summed E-state index contributed by atoms with van der Waals surface area (Å²) in [6.45, 7) is 2.12. The minimum atomic E-state index is -3.88. The molecule has 5 N–H and O–H groups in total. The Hall–Kier alpha value is -2.66. The molecule has 28 heavy (non-hydrogen) atoms. The number of unbranched alkanes of at least 4 members (excludes halogenated alkanes) is 1. The van der Waals surface area contributed by atoms with Gasteiger partial charge in [-0.05, 0) is 24.6 Å². The zero-order chi connectivity index (χ0) is 20.7. The fourth-order valence-corrected chi connectivity index (χ4v) is 4.23. The van der Waals surface area contributed by atoms with Gasteiger partial charge >= 0.3 is 6.03 Å². The fourth-order valence-electron chi connectivity index (χ4n) is 2.78. The highest BCUT2D eigenvalue weighted by Gasteiger charge is 2.29. The summed E-state index contributed by atoms with van der Waals surface area (Å²) in [4.78, 5) is 35.1. The summed E-state index contributed by atoms with van der Waals surface area (Å²) in [5, 5.41) is 7.57. The average Bonchev–Trinajstić information content (AvgIpc) is 2.65. The number of benzene rings is 1. The first-order valence-electron chi connectivity index (χ1n) is 8.97. The van der Waals surface area contributed by atoms with Gasteiger partial charge in [-0.2, -0.15) is 4.31 Å². The van der Waals surface area contributed by atoms with Gasteiger partial charge in [0.15, 0.2) is 0 Å². The number of hydrogen-bond donors (Lipinski definition) is 4. The Morgan fingerprint density at radius 1 is 1.36 bits per heavy atom. The predicted molar refractivity (Wildman–Crippen MR) is 103 cm³/mol. The standard InChI is InChI=1S/C17H25N5O5S/c1-2-3-7-14(21-17(18)25)16(24)20-12-5-4-6-13(10-12)28(26,27)22-9-8-19-15(23)11-22/h4-6,10,14H,2-3,7-9,11H2,1H3,(H,19,23)(H,20,24)(H3,18,21,25). The molecule has 1 aliphatic heterocycles. The molecule has 0 spiro atoms. The second kappa shape index (κ2) is 9.51. The maximum absolute atomic E-state index is 12.8. The highest BCUT2D eigenvalue weighted by atomic mass is 32.2. The minimum absolute atomic E-state index is 0.0343. The number of nitrogens with one attached hydrogen (secondary N) is 3. The van der Waals surface area contributed by atoms with E-state index in [1.165, 1.54) is 18.2 Å². The topological polar surface area (TPSA) is 151 Å². The summed E-state index contributed by atoms with van der Waals surface area (Å²) < 4.78 is 26.6. The minimum Gasteiger partial charge on any atom is -0.354 e. The Morgan fingerprint density at radius 2 is 2.11 bits per heavy atom. The Balaban J connectivity index is 2.16. The maximum Gasteiger partial charge on any atom is 0.312 e. The highest BCUT2D eigenvalue weighted by molar-refractivity contribution is 7.89. The largest absolute Gasteiger partial charge is 0.354 e. The van der Waals surface area contributed by atoms with E-state index in [1.807, 2.05) is 6.92 Å². The van der Waals surface area contributed by atoms with Gasteiger partial charge in [-0.1, -0.05) is 25.8 Å². The summed E-state index contributed by atoms with van der Waals surface area (Å²) in [5.74, 6) is -0.852. The van der Waals surface area contributed by atoms with E-state index >= 15 is 0 Å². The van der Waals surface area contributed by atoms with Gasteiger partial charge in [0.05, 0.1) is 11.4 Å². The number of rotatable bonds is 8. The third kappa shape index (κ3) is 5.67. The molecule has 0 radical (unpaired) electrons. The maximum atomic E-state index is 12.8. The summed E-state index contributed by atoms with van der Waals surface area (Å²) in [7, 11) is -3.88. The van der Waals surface area contributed by atoms with E-state index in [9.17, 15) is 22.8 Å². The zero-order valence-electron chi connectivity index (χ0n) is 15.6. The van der Waals surface area contributed by atoms with Crippen molar-refractivity contribution in [1.29, 1.82) is 0 Å². The number of nitrogens with zero attached hydrogens (tertiary/aromatic N) is 1. The molecule has 1 heterocycles. The Morgan fingerprint density at radius 3 is 2.75 bits per heavy atom. The third-order valence-electron chi connectivity index (χ3n) is 4.22. The van der Waals surface area contributed by atoms with Crippen LogP contribution in [0.3, 0.4) is 0 Å². The van der Waals surface area contributed by atoms with Crippen LogP contribution in [-0.2, 0) is 19.6 Å². The van der Waals surface area contributed by atoms with Crippen molar-refractivity contribution in [2.24, 2.45) is 5.73 Å². The van der Waals surface area contributed by atoms with Crippen LogP contribution in [0.2, 0.25) is 0 Å². The second-order valence-corrected chi connectivity index (χ2v) is 8.35. The number of carbonyl (C=O) groups is 3. The van der Waals surface area contributed by atoms with Gasteiger partial charge in [-0.25, -0.2) is 13.2 Å². The van der Waals surface area contributed by atoms with E-state index in [-0.39, 0.29) is 36.1 Å². The first-order valence-corrected chi connectivity index (χ1v) is 10.4. The molecule has 1 atom stereocenters. The van der Waals surface area contributed by atoms with Crippen LogP contribution in [0.25, 0.3) is 0 Å². The molecule has 1 aromatic carbocycles. The molecule has 0 bridgehead atoms.